The van der Waals surface area contributed by atoms with Gasteiger partial charge in [-0.2, -0.15) is 0 Å². The Labute approximate surface area is 86.5 Å². The predicted octanol–water partition coefficient (Wildman–Crippen LogP) is -1.93. The van der Waals surface area contributed by atoms with Crippen molar-refractivity contribution >= 4 is 17.8 Å². The van der Waals surface area contributed by atoms with Crippen LogP contribution in [-0.4, -0.2) is 46.7 Å². The number of amides is 2. The van der Waals surface area contributed by atoms with Crippen LogP contribution >= 0.6 is 0 Å². The molecule has 0 aromatic heterocycles. The molecule has 0 bridgehead atoms. The summed E-state index contributed by atoms with van der Waals surface area (Å²) in [5.41, 5.74) is 0. The van der Waals surface area contributed by atoms with Crippen molar-refractivity contribution in [2.24, 2.45) is 0 Å². The number of carbonyl (C=O) groups excluding carboxylic acids is 2. The van der Waals surface area contributed by atoms with Crippen LogP contribution in [0.5, 0.6) is 0 Å². The van der Waals surface area contributed by atoms with E-state index in [0.717, 1.165) is 0 Å². The van der Waals surface area contributed by atoms with Crippen LogP contribution in [0.15, 0.2) is 0 Å². The molecule has 0 rings (SSSR count). The van der Waals surface area contributed by atoms with Crippen molar-refractivity contribution in [3.05, 3.63) is 0 Å². The van der Waals surface area contributed by atoms with Crippen molar-refractivity contribution in [3.63, 3.8) is 0 Å². The maximum atomic E-state index is 11.1. The van der Waals surface area contributed by atoms with Gasteiger partial charge in [-0.15, -0.1) is 0 Å². The third kappa shape index (κ3) is 5.63. The van der Waals surface area contributed by atoms with E-state index in [1.54, 1.807) is 0 Å². The molecule has 0 radical (unpaired) electrons. The average molecular weight is 218 g/mol. The molecule has 4 N–H and O–H groups in total. The van der Waals surface area contributed by atoms with Crippen molar-refractivity contribution in [3.8, 4) is 0 Å². The van der Waals surface area contributed by atoms with Gasteiger partial charge in [0.05, 0.1) is 12.6 Å². The van der Waals surface area contributed by atoms with Crippen molar-refractivity contribution in [2.75, 3.05) is 6.54 Å². The smallest absolute Gasteiger partial charge is 0.328 e. The van der Waals surface area contributed by atoms with Gasteiger partial charge in [0.25, 0.3) is 0 Å². The van der Waals surface area contributed by atoms with Gasteiger partial charge in [0.2, 0.25) is 11.8 Å². The lowest BCUT2D eigenvalue weighted by molar-refractivity contribution is -0.144. The van der Waals surface area contributed by atoms with Crippen LogP contribution in [0.3, 0.4) is 0 Å². The van der Waals surface area contributed by atoms with E-state index in [1.807, 2.05) is 0 Å². The highest BCUT2D eigenvalue weighted by molar-refractivity contribution is 5.87. The third-order valence-electron chi connectivity index (χ3n) is 1.56. The molecular weight excluding hydrogens is 204 g/mol. The number of hydrogen-bond acceptors (Lipinski definition) is 4. The van der Waals surface area contributed by atoms with Crippen LogP contribution in [0.1, 0.15) is 13.8 Å². The molecule has 0 aromatic rings. The summed E-state index contributed by atoms with van der Waals surface area (Å²) in [6.07, 6.45) is -1.20. The van der Waals surface area contributed by atoms with E-state index in [1.165, 1.54) is 13.8 Å². The summed E-state index contributed by atoms with van der Waals surface area (Å²) < 4.78 is 0. The summed E-state index contributed by atoms with van der Waals surface area (Å²) in [5, 5.41) is 21.9. The second kappa shape index (κ2) is 5.97. The normalized spacial score (nSPS) is 13.8. The summed E-state index contributed by atoms with van der Waals surface area (Å²) >= 11 is 0. The molecular formula is C8H14N2O5. The molecule has 0 aromatic carbocycles. The summed E-state index contributed by atoms with van der Waals surface area (Å²) in [6, 6.07) is -1.37. The SMILES string of the molecule is CC(=O)NCC(=O)N[C@H](C(=O)O)[C@@H](C)O. The van der Waals surface area contributed by atoms with Crippen molar-refractivity contribution < 1.29 is 24.6 Å². The zero-order chi connectivity index (χ0) is 12.0. The summed E-state index contributed by atoms with van der Waals surface area (Å²) in [7, 11) is 0. The molecule has 7 heteroatoms. The maximum absolute atomic E-state index is 11.1. The number of hydrogen-bond donors (Lipinski definition) is 4. The van der Waals surface area contributed by atoms with Gasteiger partial charge in [-0.25, -0.2) is 4.79 Å². The largest absolute Gasteiger partial charge is 0.480 e. The highest BCUT2D eigenvalue weighted by Crippen LogP contribution is 1.92. The topological polar surface area (TPSA) is 116 Å². The predicted molar refractivity (Wildman–Crippen MR) is 49.9 cm³/mol. The highest BCUT2D eigenvalue weighted by Gasteiger charge is 2.24. The Morgan fingerprint density at radius 1 is 1.33 bits per heavy atom. The van der Waals surface area contributed by atoms with E-state index in [0.29, 0.717) is 0 Å². The molecule has 0 saturated heterocycles. The minimum atomic E-state index is -1.37. The summed E-state index contributed by atoms with van der Waals surface area (Å²) in [4.78, 5) is 32.1. The zero-order valence-corrected chi connectivity index (χ0v) is 8.48. The van der Waals surface area contributed by atoms with Crippen LogP contribution in [0.25, 0.3) is 0 Å². The first kappa shape index (κ1) is 13.4. The molecule has 0 aliphatic heterocycles. The molecule has 0 aliphatic rings. The van der Waals surface area contributed by atoms with Crippen molar-refractivity contribution in [2.45, 2.75) is 26.0 Å². The molecule has 0 unspecified atom stereocenters. The monoisotopic (exact) mass is 218 g/mol. The molecule has 2 atom stereocenters. The van der Waals surface area contributed by atoms with E-state index in [9.17, 15) is 14.4 Å². The quantitative estimate of drug-likeness (QED) is 0.429. The van der Waals surface area contributed by atoms with Gasteiger partial charge < -0.3 is 20.8 Å². The number of rotatable bonds is 5. The van der Waals surface area contributed by atoms with Gasteiger partial charge in [-0.3, -0.25) is 9.59 Å². The lowest BCUT2D eigenvalue weighted by atomic mass is 10.2. The Hall–Kier alpha value is -1.63. The van der Waals surface area contributed by atoms with E-state index < -0.39 is 29.9 Å². The van der Waals surface area contributed by atoms with Crippen LogP contribution in [0.4, 0.5) is 0 Å². The molecule has 2 amide bonds. The van der Waals surface area contributed by atoms with Gasteiger partial charge >= 0.3 is 5.97 Å². The summed E-state index contributed by atoms with van der Waals surface area (Å²) in [5.74, 6) is -2.39. The van der Waals surface area contributed by atoms with Gasteiger partial charge in [0.1, 0.15) is 0 Å². The number of carboxylic acid groups (broad SMARTS) is 1. The zero-order valence-electron chi connectivity index (χ0n) is 8.48. The lowest BCUT2D eigenvalue weighted by Gasteiger charge is -2.16. The molecule has 0 spiro atoms. The molecule has 86 valence electrons. The number of aliphatic carboxylic acids is 1. The maximum Gasteiger partial charge on any atom is 0.328 e. The van der Waals surface area contributed by atoms with Crippen molar-refractivity contribution in [1.82, 2.24) is 10.6 Å². The van der Waals surface area contributed by atoms with Crippen LogP contribution < -0.4 is 10.6 Å². The van der Waals surface area contributed by atoms with Crippen LogP contribution in [-0.2, 0) is 14.4 Å². The minimum absolute atomic E-state index is 0.314. The lowest BCUT2D eigenvalue weighted by Crippen LogP contribution is -2.50. The first-order chi connectivity index (χ1) is 6.84. The number of aliphatic hydroxyl groups excluding tert-OH is 1. The van der Waals surface area contributed by atoms with Gasteiger partial charge in [-0.05, 0) is 6.92 Å². The fraction of sp³-hybridized carbons (Fsp3) is 0.625. The highest BCUT2D eigenvalue weighted by atomic mass is 16.4. The van der Waals surface area contributed by atoms with E-state index in [-0.39, 0.29) is 6.54 Å². The van der Waals surface area contributed by atoms with Gasteiger partial charge in [-0.1, -0.05) is 0 Å². The molecule has 0 fully saturated rings. The van der Waals surface area contributed by atoms with Crippen LogP contribution in [0.2, 0.25) is 0 Å². The third-order valence-corrected chi connectivity index (χ3v) is 1.56. The van der Waals surface area contributed by atoms with E-state index in [4.69, 9.17) is 10.2 Å². The van der Waals surface area contributed by atoms with Crippen molar-refractivity contribution in [1.29, 1.82) is 0 Å². The second-order valence-corrected chi connectivity index (χ2v) is 3.03. The van der Waals surface area contributed by atoms with E-state index in [2.05, 4.69) is 10.6 Å². The standard InChI is InChI=1S/C8H14N2O5/c1-4(11)7(8(14)15)10-6(13)3-9-5(2)12/h4,7,11H,3H2,1-2H3,(H,9,12)(H,10,13)(H,14,15)/t4-,7+/m1/s1. The van der Waals surface area contributed by atoms with E-state index >= 15 is 0 Å². The average Bonchev–Trinajstić information content (AvgIpc) is 2.09. The fourth-order valence-corrected chi connectivity index (χ4v) is 0.818. The minimum Gasteiger partial charge on any atom is -0.480 e. The molecule has 0 heterocycles. The van der Waals surface area contributed by atoms with Crippen LogP contribution in [0, 0.1) is 0 Å². The first-order valence-electron chi connectivity index (χ1n) is 4.29. The Kier molecular flexibility index (Phi) is 5.32. The molecule has 15 heavy (non-hydrogen) atoms. The Morgan fingerprint density at radius 3 is 2.20 bits per heavy atom. The first-order valence-corrected chi connectivity index (χ1v) is 4.29. The number of carboxylic acids is 1. The summed E-state index contributed by atoms with van der Waals surface area (Å²) in [6.45, 7) is 2.17. The number of carbonyl (C=O) groups is 3. The second-order valence-electron chi connectivity index (χ2n) is 3.03. The molecule has 7 nitrogen and oxygen atoms in total. The van der Waals surface area contributed by atoms with Gasteiger partial charge in [0, 0.05) is 6.92 Å². The molecule has 0 saturated carbocycles. The Morgan fingerprint density at radius 2 is 1.87 bits per heavy atom. The Bertz CT molecular complexity index is 264. The van der Waals surface area contributed by atoms with Gasteiger partial charge in [0.15, 0.2) is 6.04 Å². The molecule has 0 aliphatic carbocycles. The number of aliphatic hydroxyl groups is 1. The number of nitrogens with one attached hydrogen (secondary N) is 2. The fourth-order valence-electron chi connectivity index (χ4n) is 0.818. The Balaban J connectivity index is 4.12.